The fourth-order valence-electron chi connectivity index (χ4n) is 5.65. The summed E-state index contributed by atoms with van der Waals surface area (Å²) in [7, 11) is -3.44. The van der Waals surface area contributed by atoms with Gasteiger partial charge in [-0.2, -0.15) is 4.31 Å². The second kappa shape index (κ2) is 13.0. The molecule has 1 aliphatic heterocycles. The van der Waals surface area contributed by atoms with Crippen molar-refractivity contribution in [3.63, 3.8) is 0 Å². The topological polar surface area (TPSA) is 69.7 Å². The monoisotopic (exact) mass is 529 g/mol. The number of likely N-dealkylation sites (tertiary alicyclic amines) is 1. The average Bonchev–Trinajstić information content (AvgIpc) is 2.89. The number of hydrogen-bond donors (Lipinski definition) is 1. The standard InChI is InChI=1S/C29H40FN3O3S/c1-23(32-18-16-27(17-19-32)31-29(34)20-24-12-14-26(30)15-13-24)21-33(28-10-6-3-7-11-28)37(35,36)22-25-8-4-2-5-9-25/h2,4-5,8-9,12-15,23,27-28H,3,6-7,10-11,16-22H2,1H3,(H,31,34)/t23-/m0/s1. The Morgan fingerprint density at radius 3 is 2.27 bits per heavy atom. The van der Waals surface area contributed by atoms with Crippen molar-refractivity contribution in [1.29, 1.82) is 0 Å². The molecule has 0 radical (unpaired) electrons. The number of nitrogens with one attached hydrogen (secondary N) is 1. The normalized spacial score (nSPS) is 19.1. The minimum absolute atomic E-state index is 0.0409. The highest BCUT2D eigenvalue weighted by Gasteiger charge is 2.34. The highest BCUT2D eigenvalue weighted by molar-refractivity contribution is 7.88. The van der Waals surface area contributed by atoms with Crippen molar-refractivity contribution < 1.29 is 17.6 Å². The second-order valence-corrected chi connectivity index (χ2v) is 12.6. The summed E-state index contributed by atoms with van der Waals surface area (Å²) in [6.07, 6.45) is 7.12. The molecule has 6 nitrogen and oxygen atoms in total. The van der Waals surface area contributed by atoms with E-state index in [-0.39, 0.29) is 42.0 Å². The molecule has 202 valence electrons. The van der Waals surface area contributed by atoms with Gasteiger partial charge < -0.3 is 5.32 Å². The van der Waals surface area contributed by atoms with Crippen LogP contribution < -0.4 is 5.32 Å². The van der Waals surface area contributed by atoms with Crippen LogP contribution in [-0.4, -0.2) is 61.3 Å². The number of piperidine rings is 1. The van der Waals surface area contributed by atoms with Gasteiger partial charge in [-0.15, -0.1) is 0 Å². The number of amides is 1. The van der Waals surface area contributed by atoms with Crippen LogP contribution in [0.15, 0.2) is 54.6 Å². The Balaban J connectivity index is 1.32. The molecule has 1 saturated heterocycles. The van der Waals surface area contributed by atoms with Crippen LogP contribution in [0.4, 0.5) is 4.39 Å². The molecule has 1 N–H and O–H groups in total. The van der Waals surface area contributed by atoms with Crippen LogP contribution in [-0.2, 0) is 27.0 Å². The third-order valence-corrected chi connectivity index (χ3v) is 9.63. The zero-order chi connectivity index (χ0) is 26.3. The molecule has 2 fully saturated rings. The number of carbonyl (C=O) groups excluding carboxylic acids is 1. The van der Waals surface area contributed by atoms with Gasteiger partial charge in [-0.25, -0.2) is 12.8 Å². The minimum atomic E-state index is -3.44. The van der Waals surface area contributed by atoms with Crippen LogP contribution in [0.5, 0.6) is 0 Å². The smallest absolute Gasteiger partial charge is 0.224 e. The van der Waals surface area contributed by atoms with Gasteiger partial charge in [-0.05, 0) is 55.9 Å². The Morgan fingerprint density at radius 2 is 1.62 bits per heavy atom. The van der Waals surface area contributed by atoms with Gasteiger partial charge >= 0.3 is 0 Å². The molecule has 2 aromatic carbocycles. The Hall–Kier alpha value is -2.29. The largest absolute Gasteiger partial charge is 0.353 e. The number of rotatable bonds is 10. The van der Waals surface area contributed by atoms with Crippen molar-refractivity contribution in [2.45, 2.75) is 82.2 Å². The summed E-state index contributed by atoms with van der Waals surface area (Å²) in [5.74, 6) is -0.312. The van der Waals surface area contributed by atoms with E-state index in [0.717, 1.165) is 62.7 Å². The van der Waals surface area contributed by atoms with Crippen molar-refractivity contribution in [3.8, 4) is 0 Å². The molecule has 0 bridgehead atoms. The lowest BCUT2D eigenvalue weighted by molar-refractivity contribution is -0.121. The molecular weight excluding hydrogens is 489 g/mol. The molecule has 8 heteroatoms. The van der Waals surface area contributed by atoms with Crippen LogP contribution in [0.3, 0.4) is 0 Å². The SMILES string of the molecule is C[C@@H](CN(C1CCCCC1)S(=O)(=O)Cc1ccccc1)N1CCC(NC(=O)Cc2ccc(F)cc2)CC1. The Kier molecular flexibility index (Phi) is 9.73. The molecule has 0 aromatic heterocycles. The summed E-state index contributed by atoms with van der Waals surface area (Å²) >= 11 is 0. The Morgan fingerprint density at radius 1 is 0.973 bits per heavy atom. The lowest BCUT2D eigenvalue weighted by atomic mass is 9.95. The van der Waals surface area contributed by atoms with Crippen LogP contribution >= 0.6 is 0 Å². The van der Waals surface area contributed by atoms with E-state index in [1.54, 1.807) is 16.4 Å². The molecule has 2 aromatic rings. The summed E-state index contributed by atoms with van der Waals surface area (Å²) in [6.45, 7) is 4.27. The maximum absolute atomic E-state index is 13.6. The van der Waals surface area contributed by atoms with E-state index in [2.05, 4.69) is 17.1 Å². The summed E-state index contributed by atoms with van der Waals surface area (Å²) in [5, 5.41) is 3.12. The van der Waals surface area contributed by atoms with E-state index in [1.165, 1.54) is 18.6 Å². The number of hydrogen-bond acceptors (Lipinski definition) is 4. The van der Waals surface area contributed by atoms with Crippen LogP contribution in [0.2, 0.25) is 0 Å². The quantitative estimate of drug-likeness (QED) is 0.492. The van der Waals surface area contributed by atoms with Gasteiger partial charge in [-0.3, -0.25) is 9.69 Å². The van der Waals surface area contributed by atoms with E-state index in [1.807, 2.05) is 30.3 Å². The van der Waals surface area contributed by atoms with Crippen molar-refractivity contribution >= 4 is 15.9 Å². The molecule has 0 unspecified atom stereocenters. The number of sulfonamides is 1. The van der Waals surface area contributed by atoms with E-state index in [4.69, 9.17) is 0 Å². The molecule has 4 rings (SSSR count). The Labute approximate surface area is 221 Å². The van der Waals surface area contributed by atoms with E-state index < -0.39 is 10.0 Å². The summed E-state index contributed by atoms with van der Waals surface area (Å²) in [5.41, 5.74) is 1.62. The summed E-state index contributed by atoms with van der Waals surface area (Å²) in [6, 6.07) is 15.8. The predicted molar refractivity (Wildman–Crippen MR) is 145 cm³/mol. The fourth-order valence-corrected chi connectivity index (χ4v) is 7.54. The maximum atomic E-state index is 13.6. The molecule has 2 aliphatic rings. The first-order valence-corrected chi connectivity index (χ1v) is 15.2. The molecule has 0 spiro atoms. The van der Waals surface area contributed by atoms with Gasteiger partial charge in [0.1, 0.15) is 5.82 Å². The highest BCUT2D eigenvalue weighted by atomic mass is 32.2. The molecule has 37 heavy (non-hydrogen) atoms. The van der Waals surface area contributed by atoms with Gasteiger partial charge in [0.25, 0.3) is 0 Å². The highest BCUT2D eigenvalue weighted by Crippen LogP contribution is 2.27. The molecule has 1 saturated carbocycles. The molecule has 1 atom stereocenters. The summed E-state index contributed by atoms with van der Waals surface area (Å²) < 4.78 is 42.1. The molecular formula is C29H40FN3O3S. The van der Waals surface area contributed by atoms with Crippen LogP contribution in [0.1, 0.15) is 63.0 Å². The summed E-state index contributed by atoms with van der Waals surface area (Å²) in [4.78, 5) is 14.8. The van der Waals surface area contributed by atoms with Gasteiger partial charge in [0.2, 0.25) is 15.9 Å². The van der Waals surface area contributed by atoms with Crippen LogP contribution in [0.25, 0.3) is 0 Å². The van der Waals surface area contributed by atoms with Crippen molar-refractivity contribution in [2.75, 3.05) is 19.6 Å². The van der Waals surface area contributed by atoms with E-state index in [9.17, 15) is 17.6 Å². The minimum Gasteiger partial charge on any atom is -0.353 e. The fraction of sp³-hybridized carbons (Fsp3) is 0.552. The molecule has 1 heterocycles. The third-order valence-electron chi connectivity index (χ3n) is 7.77. The first-order chi connectivity index (χ1) is 17.8. The van der Waals surface area contributed by atoms with Crippen molar-refractivity contribution in [3.05, 3.63) is 71.5 Å². The number of nitrogens with zero attached hydrogens (tertiary/aromatic N) is 2. The maximum Gasteiger partial charge on any atom is 0.224 e. The zero-order valence-electron chi connectivity index (χ0n) is 21.8. The number of halogens is 1. The van der Waals surface area contributed by atoms with Gasteiger partial charge in [0, 0.05) is 37.8 Å². The van der Waals surface area contributed by atoms with E-state index in [0.29, 0.717) is 6.54 Å². The predicted octanol–water partition coefficient (Wildman–Crippen LogP) is 4.50. The first kappa shape index (κ1) is 27.7. The number of carbonyl (C=O) groups is 1. The molecule has 1 aliphatic carbocycles. The van der Waals surface area contributed by atoms with Crippen molar-refractivity contribution in [1.82, 2.24) is 14.5 Å². The van der Waals surface area contributed by atoms with E-state index >= 15 is 0 Å². The molecule has 1 amide bonds. The van der Waals surface area contributed by atoms with Gasteiger partial charge in [-0.1, -0.05) is 61.7 Å². The Bertz CT molecular complexity index is 1100. The first-order valence-electron chi connectivity index (χ1n) is 13.6. The lowest BCUT2D eigenvalue weighted by Crippen LogP contribution is -2.53. The zero-order valence-corrected chi connectivity index (χ0v) is 22.6. The third kappa shape index (κ3) is 8.09. The lowest BCUT2D eigenvalue weighted by Gasteiger charge is -2.40. The second-order valence-electron chi connectivity index (χ2n) is 10.6. The number of benzene rings is 2. The van der Waals surface area contributed by atoms with Crippen molar-refractivity contribution in [2.24, 2.45) is 0 Å². The van der Waals surface area contributed by atoms with Gasteiger partial charge in [0.05, 0.1) is 12.2 Å². The van der Waals surface area contributed by atoms with Crippen LogP contribution in [0, 0.1) is 5.82 Å². The van der Waals surface area contributed by atoms with Gasteiger partial charge in [0.15, 0.2) is 0 Å². The average molecular weight is 530 g/mol.